The van der Waals surface area contributed by atoms with E-state index in [0.717, 1.165) is 0 Å². The van der Waals surface area contributed by atoms with Crippen LogP contribution in [0, 0.1) is 10.1 Å². The molecule has 0 unspecified atom stereocenters. The van der Waals surface area contributed by atoms with Crippen molar-refractivity contribution in [1.82, 2.24) is 0 Å². The Morgan fingerprint density at radius 1 is 1.42 bits per heavy atom. The Morgan fingerprint density at radius 3 is 2.42 bits per heavy atom. The van der Waals surface area contributed by atoms with E-state index in [1.165, 1.54) is 0 Å². The molecule has 0 rings (SSSR count). The van der Waals surface area contributed by atoms with E-state index in [4.69, 9.17) is 5.11 Å². The summed E-state index contributed by atoms with van der Waals surface area (Å²) in [6.45, 7) is -0.286. The van der Waals surface area contributed by atoms with E-state index in [1.807, 2.05) is 0 Å². The second-order valence-corrected chi connectivity index (χ2v) is 2.27. The molecule has 0 bridgehead atoms. The molecular weight excluding hydrogens is 166 g/mol. The largest absolute Gasteiger partial charge is 0.481 e. The second kappa shape index (κ2) is 5.22. The fourth-order valence-electron chi connectivity index (χ4n) is 0.662. The van der Waals surface area contributed by atoms with Gasteiger partial charge in [-0.05, 0) is 0 Å². The second-order valence-electron chi connectivity index (χ2n) is 2.27. The first-order valence-corrected chi connectivity index (χ1v) is 3.37. The first-order chi connectivity index (χ1) is 5.52. The highest BCUT2D eigenvalue weighted by Gasteiger charge is 2.08. The van der Waals surface area contributed by atoms with Crippen molar-refractivity contribution in [3.63, 3.8) is 0 Å². The number of rotatable bonds is 6. The molecule has 0 spiro atoms. The van der Waals surface area contributed by atoms with Crippen LogP contribution in [0.1, 0.15) is 19.3 Å². The van der Waals surface area contributed by atoms with Crippen molar-refractivity contribution in [2.75, 3.05) is 6.54 Å². The molecule has 0 saturated carbocycles. The quantitative estimate of drug-likeness (QED) is 0.350. The fourth-order valence-corrected chi connectivity index (χ4v) is 0.662. The SMILES string of the molecule is O=C(O)CC(=O)CCC[N+](=O)[O-]. The maximum Gasteiger partial charge on any atom is 0.310 e. The van der Waals surface area contributed by atoms with Crippen molar-refractivity contribution in [2.24, 2.45) is 0 Å². The normalized spacial score (nSPS) is 9.33. The van der Waals surface area contributed by atoms with Crippen LogP contribution < -0.4 is 0 Å². The monoisotopic (exact) mass is 175 g/mol. The Labute approximate surface area is 68.3 Å². The Bertz CT molecular complexity index is 200. The summed E-state index contributed by atoms with van der Waals surface area (Å²) in [5.74, 6) is -1.66. The highest BCUT2D eigenvalue weighted by molar-refractivity contribution is 5.94. The number of carbonyl (C=O) groups is 2. The number of carboxylic acids is 1. The first kappa shape index (κ1) is 10.5. The van der Waals surface area contributed by atoms with Crippen LogP contribution in [0.15, 0.2) is 0 Å². The minimum atomic E-state index is -1.19. The Kier molecular flexibility index (Phi) is 4.59. The van der Waals surface area contributed by atoms with E-state index < -0.39 is 23.1 Å². The summed E-state index contributed by atoms with van der Waals surface area (Å²) in [5.41, 5.74) is 0. The molecule has 0 heterocycles. The van der Waals surface area contributed by atoms with Gasteiger partial charge in [-0.15, -0.1) is 0 Å². The molecule has 0 aliphatic rings. The van der Waals surface area contributed by atoms with Crippen molar-refractivity contribution in [3.05, 3.63) is 10.1 Å². The summed E-state index contributed by atoms with van der Waals surface area (Å²) in [6.07, 6.45) is -0.468. The fraction of sp³-hybridized carbons (Fsp3) is 0.667. The van der Waals surface area contributed by atoms with E-state index >= 15 is 0 Å². The molecule has 0 aromatic carbocycles. The van der Waals surface area contributed by atoms with Gasteiger partial charge in [0, 0.05) is 17.8 Å². The molecule has 0 amide bonds. The van der Waals surface area contributed by atoms with E-state index in [1.54, 1.807) is 0 Å². The third kappa shape index (κ3) is 6.66. The van der Waals surface area contributed by atoms with Crippen molar-refractivity contribution in [1.29, 1.82) is 0 Å². The van der Waals surface area contributed by atoms with Gasteiger partial charge in [0.15, 0.2) is 0 Å². The smallest absolute Gasteiger partial charge is 0.310 e. The van der Waals surface area contributed by atoms with Gasteiger partial charge in [-0.2, -0.15) is 0 Å². The predicted molar refractivity (Wildman–Crippen MR) is 38.4 cm³/mol. The van der Waals surface area contributed by atoms with Gasteiger partial charge in [-0.3, -0.25) is 19.7 Å². The number of carbonyl (C=O) groups excluding carboxylic acids is 1. The lowest BCUT2D eigenvalue weighted by molar-refractivity contribution is -0.480. The van der Waals surface area contributed by atoms with Gasteiger partial charge in [-0.1, -0.05) is 0 Å². The zero-order valence-corrected chi connectivity index (χ0v) is 6.36. The molecule has 0 saturated heterocycles. The predicted octanol–water partition coefficient (Wildman–Crippen LogP) is 0.0871. The van der Waals surface area contributed by atoms with E-state index in [9.17, 15) is 19.7 Å². The van der Waals surface area contributed by atoms with Crippen LogP contribution in [0.25, 0.3) is 0 Å². The lowest BCUT2D eigenvalue weighted by atomic mass is 10.2. The highest BCUT2D eigenvalue weighted by Crippen LogP contribution is 1.95. The van der Waals surface area contributed by atoms with Crippen molar-refractivity contribution in [2.45, 2.75) is 19.3 Å². The number of aliphatic carboxylic acids is 1. The maximum absolute atomic E-state index is 10.6. The molecule has 6 heteroatoms. The van der Waals surface area contributed by atoms with Crippen LogP contribution in [-0.4, -0.2) is 28.3 Å². The molecule has 0 aliphatic carbocycles. The summed E-state index contributed by atoms with van der Waals surface area (Å²) in [6, 6.07) is 0. The van der Waals surface area contributed by atoms with E-state index in [2.05, 4.69) is 0 Å². The van der Waals surface area contributed by atoms with Gasteiger partial charge >= 0.3 is 5.97 Å². The Hall–Kier alpha value is -1.46. The molecule has 0 aliphatic heterocycles. The van der Waals surface area contributed by atoms with Gasteiger partial charge in [0.25, 0.3) is 0 Å². The Morgan fingerprint density at radius 2 is 2.00 bits per heavy atom. The average Bonchev–Trinajstić information content (AvgIpc) is 1.84. The molecular formula is C6H9NO5. The summed E-state index contributed by atoms with van der Waals surface area (Å²) in [4.78, 5) is 29.8. The van der Waals surface area contributed by atoms with E-state index in [0.29, 0.717) is 0 Å². The van der Waals surface area contributed by atoms with Crippen molar-refractivity contribution in [3.8, 4) is 0 Å². The minimum absolute atomic E-state index is 0.0344. The number of nitrogens with zero attached hydrogens (tertiary/aromatic N) is 1. The Balaban J connectivity index is 3.44. The number of Topliss-reactive ketones (excluding diaryl/α,β-unsaturated/α-hetero) is 1. The summed E-state index contributed by atoms with van der Waals surface area (Å²) in [5, 5.41) is 17.9. The van der Waals surface area contributed by atoms with Gasteiger partial charge in [0.2, 0.25) is 6.54 Å². The van der Waals surface area contributed by atoms with Crippen LogP contribution >= 0.6 is 0 Å². The van der Waals surface area contributed by atoms with Crippen LogP contribution in [-0.2, 0) is 9.59 Å². The molecule has 0 aromatic rings. The average molecular weight is 175 g/mol. The van der Waals surface area contributed by atoms with E-state index in [-0.39, 0.29) is 19.4 Å². The molecule has 0 atom stereocenters. The minimum Gasteiger partial charge on any atom is -0.481 e. The molecule has 12 heavy (non-hydrogen) atoms. The lowest BCUT2D eigenvalue weighted by Crippen LogP contribution is -2.09. The summed E-state index contributed by atoms with van der Waals surface area (Å²) >= 11 is 0. The third-order valence-corrected chi connectivity index (χ3v) is 1.14. The summed E-state index contributed by atoms with van der Waals surface area (Å²) in [7, 11) is 0. The topological polar surface area (TPSA) is 97.5 Å². The van der Waals surface area contributed by atoms with Gasteiger partial charge < -0.3 is 5.11 Å². The lowest BCUT2D eigenvalue weighted by Gasteiger charge is -1.93. The zero-order valence-electron chi connectivity index (χ0n) is 6.36. The molecule has 68 valence electrons. The molecule has 0 aromatic heterocycles. The van der Waals surface area contributed by atoms with Crippen LogP contribution in [0.3, 0.4) is 0 Å². The number of ketones is 1. The highest BCUT2D eigenvalue weighted by atomic mass is 16.6. The number of hydrogen-bond donors (Lipinski definition) is 1. The molecule has 1 N–H and O–H groups in total. The first-order valence-electron chi connectivity index (χ1n) is 3.37. The number of carboxylic acid groups (broad SMARTS) is 1. The van der Waals surface area contributed by atoms with Crippen molar-refractivity contribution >= 4 is 11.8 Å². The van der Waals surface area contributed by atoms with Gasteiger partial charge in [-0.25, -0.2) is 0 Å². The number of nitro groups is 1. The van der Waals surface area contributed by atoms with Crippen LogP contribution in [0.2, 0.25) is 0 Å². The standard InChI is InChI=1S/C6H9NO5/c8-5(4-6(9)10)2-1-3-7(11)12/h1-4H2,(H,9,10). The van der Waals surface area contributed by atoms with Crippen LogP contribution in [0.5, 0.6) is 0 Å². The van der Waals surface area contributed by atoms with Gasteiger partial charge in [0.05, 0.1) is 0 Å². The van der Waals surface area contributed by atoms with Gasteiger partial charge in [0.1, 0.15) is 12.2 Å². The molecule has 0 fully saturated rings. The maximum atomic E-state index is 10.6. The zero-order chi connectivity index (χ0) is 9.56. The van der Waals surface area contributed by atoms with Crippen molar-refractivity contribution < 1.29 is 19.6 Å². The third-order valence-electron chi connectivity index (χ3n) is 1.14. The van der Waals surface area contributed by atoms with Crippen LogP contribution in [0.4, 0.5) is 0 Å². The molecule has 0 radical (unpaired) electrons. The summed E-state index contributed by atoms with van der Waals surface area (Å²) < 4.78 is 0. The molecule has 6 nitrogen and oxygen atoms in total. The number of hydrogen-bond acceptors (Lipinski definition) is 4.